The Morgan fingerprint density at radius 1 is 1.33 bits per heavy atom. The second-order valence-corrected chi connectivity index (χ2v) is 6.05. The number of rotatable bonds is 6. The van der Waals surface area contributed by atoms with Crippen LogP contribution in [0.5, 0.6) is 0 Å². The van der Waals surface area contributed by atoms with Crippen LogP contribution in [0.25, 0.3) is 0 Å². The summed E-state index contributed by atoms with van der Waals surface area (Å²) in [7, 11) is 0. The molecule has 96 valence electrons. The van der Waals surface area contributed by atoms with Crippen LogP contribution >= 0.6 is 23.1 Å². The van der Waals surface area contributed by atoms with Crippen LogP contribution < -0.4 is 5.32 Å². The summed E-state index contributed by atoms with van der Waals surface area (Å²) in [6.07, 6.45) is 4.81. The standard InChI is InChI=1S/C13H17N3S2/c1-3-11(14-4-2)12-6-5-10(9-16-12)18-13-15-7-8-17-13/h5-9,11,14H,3-4H2,1-2H3. The van der Waals surface area contributed by atoms with E-state index in [2.05, 4.69) is 41.3 Å². The van der Waals surface area contributed by atoms with Crippen LogP contribution in [0.4, 0.5) is 0 Å². The average molecular weight is 279 g/mol. The number of aromatic nitrogens is 2. The Hall–Kier alpha value is -0.910. The number of nitrogens with zero attached hydrogens (tertiary/aromatic N) is 2. The van der Waals surface area contributed by atoms with Crippen molar-refractivity contribution in [1.29, 1.82) is 0 Å². The van der Waals surface area contributed by atoms with Crippen molar-refractivity contribution in [2.75, 3.05) is 6.54 Å². The highest BCUT2D eigenvalue weighted by molar-refractivity contribution is 8.01. The zero-order valence-electron chi connectivity index (χ0n) is 10.6. The van der Waals surface area contributed by atoms with Gasteiger partial charge in [0.15, 0.2) is 4.34 Å². The van der Waals surface area contributed by atoms with Crippen molar-refractivity contribution in [3.05, 3.63) is 35.6 Å². The van der Waals surface area contributed by atoms with Gasteiger partial charge in [0.25, 0.3) is 0 Å². The summed E-state index contributed by atoms with van der Waals surface area (Å²) in [6.45, 7) is 5.26. The van der Waals surface area contributed by atoms with Gasteiger partial charge in [0.2, 0.25) is 0 Å². The Kier molecular flexibility index (Phi) is 5.16. The molecule has 2 aromatic rings. The lowest BCUT2D eigenvalue weighted by molar-refractivity contribution is 0.524. The minimum atomic E-state index is 0.355. The number of hydrogen-bond donors (Lipinski definition) is 1. The molecule has 1 unspecified atom stereocenters. The molecule has 3 nitrogen and oxygen atoms in total. The normalized spacial score (nSPS) is 12.6. The zero-order valence-corrected chi connectivity index (χ0v) is 12.2. The van der Waals surface area contributed by atoms with Gasteiger partial charge in [-0.2, -0.15) is 0 Å². The van der Waals surface area contributed by atoms with Gasteiger partial charge in [0.05, 0.1) is 5.69 Å². The second kappa shape index (κ2) is 6.87. The Labute approximate surface area is 116 Å². The molecule has 0 saturated heterocycles. The van der Waals surface area contributed by atoms with Crippen LogP contribution in [0.1, 0.15) is 32.0 Å². The maximum absolute atomic E-state index is 4.54. The van der Waals surface area contributed by atoms with Gasteiger partial charge < -0.3 is 5.32 Å². The summed E-state index contributed by atoms with van der Waals surface area (Å²) < 4.78 is 1.06. The van der Waals surface area contributed by atoms with E-state index >= 15 is 0 Å². The highest BCUT2D eigenvalue weighted by Crippen LogP contribution is 2.29. The fraction of sp³-hybridized carbons (Fsp3) is 0.385. The summed E-state index contributed by atoms with van der Waals surface area (Å²) in [6, 6.07) is 4.58. The molecule has 0 radical (unpaired) electrons. The van der Waals surface area contributed by atoms with E-state index in [0.717, 1.165) is 27.9 Å². The van der Waals surface area contributed by atoms with Crippen LogP contribution in [0.3, 0.4) is 0 Å². The molecule has 0 amide bonds. The summed E-state index contributed by atoms with van der Waals surface area (Å²) in [5.41, 5.74) is 1.11. The molecule has 0 aliphatic heterocycles. The van der Waals surface area contributed by atoms with Gasteiger partial charge >= 0.3 is 0 Å². The third-order valence-corrected chi connectivity index (χ3v) is 4.45. The molecule has 0 aliphatic carbocycles. The van der Waals surface area contributed by atoms with Gasteiger partial charge in [0, 0.05) is 28.7 Å². The summed E-state index contributed by atoms with van der Waals surface area (Å²) in [5, 5.41) is 5.42. The summed E-state index contributed by atoms with van der Waals surface area (Å²) >= 11 is 3.31. The van der Waals surface area contributed by atoms with Crippen molar-refractivity contribution in [1.82, 2.24) is 15.3 Å². The highest BCUT2D eigenvalue weighted by Gasteiger charge is 2.09. The van der Waals surface area contributed by atoms with E-state index in [0.29, 0.717) is 6.04 Å². The Morgan fingerprint density at radius 3 is 2.78 bits per heavy atom. The maximum atomic E-state index is 4.54. The first-order valence-electron chi connectivity index (χ1n) is 6.10. The number of hydrogen-bond acceptors (Lipinski definition) is 5. The van der Waals surface area contributed by atoms with Crippen molar-refractivity contribution >= 4 is 23.1 Å². The van der Waals surface area contributed by atoms with Crippen LogP contribution in [0.15, 0.2) is 39.1 Å². The fourth-order valence-corrected chi connectivity index (χ4v) is 3.29. The zero-order chi connectivity index (χ0) is 12.8. The highest BCUT2D eigenvalue weighted by atomic mass is 32.2. The third kappa shape index (κ3) is 3.54. The molecular weight excluding hydrogens is 262 g/mol. The molecule has 0 aliphatic rings. The van der Waals surface area contributed by atoms with E-state index in [1.54, 1.807) is 23.1 Å². The van der Waals surface area contributed by atoms with Crippen LogP contribution in [0, 0.1) is 0 Å². The SMILES string of the molecule is CCNC(CC)c1ccc(Sc2nccs2)cn1. The topological polar surface area (TPSA) is 37.8 Å². The largest absolute Gasteiger partial charge is 0.309 e. The van der Waals surface area contributed by atoms with E-state index in [4.69, 9.17) is 0 Å². The van der Waals surface area contributed by atoms with Crippen LogP contribution in [-0.2, 0) is 0 Å². The van der Waals surface area contributed by atoms with Gasteiger partial charge in [-0.1, -0.05) is 25.6 Å². The lowest BCUT2D eigenvalue weighted by Crippen LogP contribution is -2.20. The Bertz CT molecular complexity index is 454. The lowest BCUT2D eigenvalue weighted by atomic mass is 10.1. The van der Waals surface area contributed by atoms with Crippen molar-refractivity contribution in [3.63, 3.8) is 0 Å². The molecule has 0 spiro atoms. The predicted molar refractivity (Wildman–Crippen MR) is 77.2 cm³/mol. The molecule has 0 bridgehead atoms. The number of thiazole rings is 1. The van der Waals surface area contributed by atoms with Gasteiger partial charge in [-0.3, -0.25) is 4.98 Å². The smallest absolute Gasteiger partial charge is 0.154 e. The lowest BCUT2D eigenvalue weighted by Gasteiger charge is -2.15. The minimum Gasteiger partial charge on any atom is -0.309 e. The average Bonchev–Trinajstić information content (AvgIpc) is 2.90. The monoisotopic (exact) mass is 279 g/mol. The first-order chi connectivity index (χ1) is 8.83. The molecule has 1 N–H and O–H groups in total. The molecule has 2 aromatic heterocycles. The molecule has 5 heteroatoms. The minimum absolute atomic E-state index is 0.355. The Morgan fingerprint density at radius 2 is 2.22 bits per heavy atom. The van der Waals surface area contributed by atoms with E-state index in [9.17, 15) is 0 Å². The van der Waals surface area contributed by atoms with Crippen molar-refractivity contribution < 1.29 is 0 Å². The molecular formula is C13H17N3S2. The molecule has 0 aromatic carbocycles. The fourth-order valence-electron chi connectivity index (χ4n) is 1.72. The molecule has 0 fully saturated rings. The molecule has 2 heterocycles. The van der Waals surface area contributed by atoms with Gasteiger partial charge in [-0.05, 0) is 25.1 Å². The first-order valence-corrected chi connectivity index (χ1v) is 7.79. The van der Waals surface area contributed by atoms with E-state index in [1.165, 1.54) is 0 Å². The van der Waals surface area contributed by atoms with Crippen LogP contribution in [-0.4, -0.2) is 16.5 Å². The predicted octanol–water partition coefficient (Wildman–Crippen LogP) is 3.75. The second-order valence-electron chi connectivity index (χ2n) is 3.84. The summed E-state index contributed by atoms with van der Waals surface area (Å²) in [5.74, 6) is 0. The van der Waals surface area contributed by atoms with E-state index < -0.39 is 0 Å². The van der Waals surface area contributed by atoms with Crippen molar-refractivity contribution in [3.8, 4) is 0 Å². The molecule has 1 atom stereocenters. The number of nitrogens with one attached hydrogen (secondary N) is 1. The van der Waals surface area contributed by atoms with E-state index in [1.807, 2.05) is 17.8 Å². The van der Waals surface area contributed by atoms with Gasteiger partial charge in [-0.25, -0.2) is 4.98 Å². The quantitative estimate of drug-likeness (QED) is 0.874. The maximum Gasteiger partial charge on any atom is 0.154 e. The van der Waals surface area contributed by atoms with Crippen molar-refractivity contribution in [2.24, 2.45) is 0 Å². The van der Waals surface area contributed by atoms with Gasteiger partial charge in [-0.15, -0.1) is 11.3 Å². The van der Waals surface area contributed by atoms with Crippen molar-refractivity contribution in [2.45, 2.75) is 35.5 Å². The van der Waals surface area contributed by atoms with Crippen LogP contribution in [0.2, 0.25) is 0 Å². The van der Waals surface area contributed by atoms with E-state index in [-0.39, 0.29) is 0 Å². The first kappa shape index (κ1) is 13.5. The molecule has 2 rings (SSSR count). The van der Waals surface area contributed by atoms with Gasteiger partial charge in [0.1, 0.15) is 0 Å². The Balaban J connectivity index is 2.04. The number of pyridine rings is 1. The molecule has 0 saturated carbocycles. The third-order valence-electron chi connectivity index (χ3n) is 2.59. The molecule has 18 heavy (non-hydrogen) atoms. The summed E-state index contributed by atoms with van der Waals surface area (Å²) in [4.78, 5) is 9.94.